The van der Waals surface area contributed by atoms with Crippen LogP contribution in [0.5, 0.6) is 0 Å². The zero-order valence-corrected chi connectivity index (χ0v) is 32.5. The molecule has 8 aromatic carbocycles. The van der Waals surface area contributed by atoms with Gasteiger partial charge in [0, 0.05) is 43.7 Å². The predicted octanol–water partition coefficient (Wildman–Crippen LogP) is 14.8. The first-order valence-electron chi connectivity index (χ1n) is 20.0. The quantitative estimate of drug-likeness (QED) is 0.180. The first-order chi connectivity index (χ1) is 27.8. The van der Waals surface area contributed by atoms with Gasteiger partial charge in [-0.1, -0.05) is 119 Å². The Morgan fingerprint density at radius 3 is 1.91 bits per heavy atom. The normalized spacial score (nSPS) is 14.9. The highest BCUT2D eigenvalue weighted by Gasteiger charge is 2.40. The van der Waals surface area contributed by atoms with E-state index >= 15 is 0 Å². The minimum absolute atomic E-state index is 0.0836. The van der Waals surface area contributed by atoms with Gasteiger partial charge in [-0.15, -0.1) is 0 Å². The fourth-order valence-corrected chi connectivity index (χ4v) is 10.4. The van der Waals surface area contributed by atoms with E-state index in [-0.39, 0.29) is 10.8 Å². The van der Waals surface area contributed by atoms with Crippen LogP contribution in [0.2, 0.25) is 0 Å². The maximum atomic E-state index is 6.48. The molecule has 0 amide bonds. The van der Waals surface area contributed by atoms with Crippen LogP contribution in [-0.4, -0.2) is 4.57 Å². The Bertz CT molecular complexity index is 3290. The smallest absolute Gasteiger partial charge is 0.135 e. The van der Waals surface area contributed by atoms with Crippen molar-refractivity contribution in [2.45, 2.75) is 38.5 Å². The summed E-state index contributed by atoms with van der Waals surface area (Å²) >= 11 is 0. The number of hydrogen-bond donors (Lipinski definition) is 0. The summed E-state index contributed by atoms with van der Waals surface area (Å²) < 4.78 is 8.94. The second kappa shape index (κ2) is 11.4. The molecule has 0 atom stereocenters. The average molecular weight is 733 g/mol. The molecule has 0 N–H and O–H groups in total. The lowest BCUT2D eigenvalue weighted by atomic mass is 9.71. The lowest BCUT2D eigenvalue weighted by Gasteiger charge is -2.42. The fraction of sp³-hybridized carbons (Fsp3) is 0.111. The molecule has 0 fully saturated rings. The van der Waals surface area contributed by atoms with Crippen molar-refractivity contribution in [3.05, 3.63) is 192 Å². The number of fused-ring (bicyclic) bond motifs is 12. The van der Waals surface area contributed by atoms with E-state index in [9.17, 15) is 0 Å². The SMILES string of the molecule is CC1(C)c2ccccc2-c2cc3c4cc(-c5ccc6c(c5)C(C)(C)c5c(ccc7oc8ccccc8c57)N6c5ccccc5)ccc4n(-c4ccccc4)c3cc21. The molecule has 0 spiro atoms. The van der Waals surface area contributed by atoms with Crippen molar-refractivity contribution in [2.24, 2.45) is 0 Å². The number of benzene rings is 8. The van der Waals surface area contributed by atoms with Gasteiger partial charge in [0.05, 0.1) is 22.4 Å². The van der Waals surface area contributed by atoms with Crippen molar-refractivity contribution in [1.29, 1.82) is 0 Å². The highest BCUT2D eigenvalue weighted by atomic mass is 16.3. The molecule has 2 aromatic heterocycles. The van der Waals surface area contributed by atoms with E-state index in [1.54, 1.807) is 0 Å². The Morgan fingerprint density at radius 2 is 1.09 bits per heavy atom. The molecule has 10 aromatic rings. The van der Waals surface area contributed by atoms with Crippen molar-refractivity contribution in [3.63, 3.8) is 0 Å². The van der Waals surface area contributed by atoms with Crippen LogP contribution in [0.25, 0.3) is 71.7 Å². The van der Waals surface area contributed by atoms with Gasteiger partial charge in [0.15, 0.2) is 0 Å². The molecule has 0 saturated carbocycles. The topological polar surface area (TPSA) is 21.3 Å². The van der Waals surface area contributed by atoms with Crippen molar-refractivity contribution >= 4 is 60.8 Å². The second-order valence-electron chi connectivity index (χ2n) is 16.9. The lowest BCUT2D eigenvalue weighted by Crippen LogP contribution is -2.31. The van der Waals surface area contributed by atoms with E-state index in [1.807, 2.05) is 0 Å². The van der Waals surface area contributed by atoms with Gasteiger partial charge in [0.1, 0.15) is 11.2 Å². The van der Waals surface area contributed by atoms with Gasteiger partial charge in [-0.05, 0) is 123 Å². The van der Waals surface area contributed by atoms with Crippen LogP contribution in [0.3, 0.4) is 0 Å². The first kappa shape index (κ1) is 32.4. The van der Waals surface area contributed by atoms with E-state index in [0.717, 1.165) is 22.2 Å². The van der Waals surface area contributed by atoms with Gasteiger partial charge < -0.3 is 13.9 Å². The van der Waals surface area contributed by atoms with E-state index in [4.69, 9.17) is 4.42 Å². The third-order valence-corrected chi connectivity index (χ3v) is 13.1. The molecule has 272 valence electrons. The molecule has 1 aliphatic heterocycles. The average Bonchev–Trinajstić information content (AvgIpc) is 3.85. The summed E-state index contributed by atoms with van der Waals surface area (Å²) in [5.74, 6) is 0. The highest BCUT2D eigenvalue weighted by Crippen LogP contribution is 2.56. The molecular weight excluding hydrogens is 693 g/mol. The first-order valence-corrected chi connectivity index (χ1v) is 20.0. The monoisotopic (exact) mass is 732 g/mol. The Labute approximate surface area is 332 Å². The maximum absolute atomic E-state index is 6.48. The summed E-state index contributed by atoms with van der Waals surface area (Å²) in [4.78, 5) is 2.44. The van der Waals surface area contributed by atoms with Crippen LogP contribution < -0.4 is 4.90 Å². The highest BCUT2D eigenvalue weighted by molar-refractivity contribution is 6.13. The van der Waals surface area contributed by atoms with Crippen LogP contribution in [-0.2, 0) is 10.8 Å². The van der Waals surface area contributed by atoms with Gasteiger partial charge in [-0.2, -0.15) is 0 Å². The maximum Gasteiger partial charge on any atom is 0.135 e. The second-order valence-corrected chi connectivity index (χ2v) is 16.9. The Balaban J connectivity index is 1.10. The molecular formula is C54H40N2O. The molecule has 3 heterocycles. The van der Waals surface area contributed by atoms with Crippen molar-refractivity contribution < 1.29 is 4.42 Å². The number of furan rings is 1. The van der Waals surface area contributed by atoms with E-state index in [1.165, 1.54) is 88.8 Å². The Kier molecular flexibility index (Phi) is 6.46. The fourth-order valence-electron chi connectivity index (χ4n) is 10.4. The van der Waals surface area contributed by atoms with E-state index in [0.29, 0.717) is 0 Å². The lowest BCUT2D eigenvalue weighted by molar-refractivity contribution is 0.634. The molecule has 1 aliphatic carbocycles. The van der Waals surface area contributed by atoms with Gasteiger partial charge in [0.2, 0.25) is 0 Å². The minimum atomic E-state index is -0.327. The van der Waals surface area contributed by atoms with Crippen LogP contribution >= 0.6 is 0 Å². The number of rotatable bonds is 3. The number of nitrogens with zero attached hydrogens (tertiary/aromatic N) is 2. The molecule has 0 radical (unpaired) electrons. The van der Waals surface area contributed by atoms with Gasteiger partial charge in [-0.3, -0.25) is 0 Å². The van der Waals surface area contributed by atoms with Gasteiger partial charge >= 0.3 is 0 Å². The number of hydrogen-bond acceptors (Lipinski definition) is 2. The predicted molar refractivity (Wildman–Crippen MR) is 238 cm³/mol. The van der Waals surface area contributed by atoms with Crippen LogP contribution in [0.15, 0.2) is 174 Å². The van der Waals surface area contributed by atoms with Crippen LogP contribution in [0.4, 0.5) is 17.1 Å². The summed E-state index contributed by atoms with van der Waals surface area (Å²) in [6.07, 6.45) is 0. The summed E-state index contributed by atoms with van der Waals surface area (Å²) in [5.41, 5.74) is 19.1. The molecule has 0 saturated heterocycles. The van der Waals surface area contributed by atoms with Crippen molar-refractivity contribution in [2.75, 3.05) is 4.90 Å². The summed E-state index contributed by atoms with van der Waals surface area (Å²) in [6, 6.07) is 62.5. The Morgan fingerprint density at radius 1 is 0.421 bits per heavy atom. The van der Waals surface area contributed by atoms with Crippen molar-refractivity contribution in [3.8, 4) is 27.9 Å². The molecule has 12 rings (SSSR count). The number of anilines is 3. The van der Waals surface area contributed by atoms with Crippen LogP contribution in [0, 0.1) is 0 Å². The standard InChI is InChI=1S/C54H40N2O/c1-53(2)42-21-13-11-19-37(42)39-31-41-40-29-33(23-25-45(40)55(48(41)32-43(39)53)35-15-7-5-8-16-35)34-24-26-46-44(30-34)54(3,4)52-47(56(46)36-17-9-6-10-18-36)27-28-50-51(52)38-20-12-14-22-49(38)57-50/h5-32H,1-4H3. The summed E-state index contributed by atoms with van der Waals surface area (Å²) in [7, 11) is 0. The molecule has 3 nitrogen and oxygen atoms in total. The summed E-state index contributed by atoms with van der Waals surface area (Å²) in [5, 5.41) is 4.88. The van der Waals surface area contributed by atoms with Gasteiger partial charge in [0.25, 0.3) is 0 Å². The largest absolute Gasteiger partial charge is 0.456 e. The Hall–Kier alpha value is -6.84. The zero-order valence-electron chi connectivity index (χ0n) is 32.5. The molecule has 0 unspecified atom stereocenters. The molecule has 57 heavy (non-hydrogen) atoms. The third-order valence-electron chi connectivity index (χ3n) is 13.1. The van der Waals surface area contributed by atoms with E-state index < -0.39 is 0 Å². The summed E-state index contributed by atoms with van der Waals surface area (Å²) in [6.45, 7) is 9.50. The minimum Gasteiger partial charge on any atom is -0.456 e. The molecule has 3 heteroatoms. The number of aromatic nitrogens is 1. The van der Waals surface area contributed by atoms with Crippen molar-refractivity contribution in [1.82, 2.24) is 4.57 Å². The van der Waals surface area contributed by atoms with Crippen LogP contribution in [0.1, 0.15) is 49.9 Å². The van der Waals surface area contributed by atoms with Gasteiger partial charge in [-0.25, -0.2) is 0 Å². The molecule has 2 aliphatic rings. The van der Waals surface area contributed by atoms with E-state index in [2.05, 4.69) is 207 Å². The number of para-hydroxylation sites is 3. The third kappa shape index (κ3) is 4.37. The zero-order chi connectivity index (χ0) is 38.2. The molecule has 0 bridgehead atoms.